The first-order valence-electron chi connectivity index (χ1n) is 6.83. The van der Waals surface area contributed by atoms with Crippen molar-refractivity contribution in [2.45, 2.75) is 25.3 Å². The van der Waals surface area contributed by atoms with Gasteiger partial charge in [-0.15, -0.1) is 0 Å². The van der Waals surface area contributed by atoms with Gasteiger partial charge in [-0.1, -0.05) is 0 Å². The third-order valence-electron chi connectivity index (χ3n) is 4.69. The quantitative estimate of drug-likeness (QED) is 0.777. The Morgan fingerprint density at radius 2 is 2.35 bits per heavy atom. The molecule has 96 valence electrons. The number of fused-ring (bicyclic) bond motifs is 1. The highest BCUT2D eigenvalue weighted by molar-refractivity contribution is 5.82. The summed E-state index contributed by atoms with van der Waals surface area (Å²) in [5.41, 5.74) is 0. The molecule has 1 N–H and O–H groups in total. The first-order valence-corrected chi connectivity index (χ1v) is 6.83. The fourth-order valence-corrected chi connectivity index (χ4v) is 3.50. The minimum absolute atomic E-state index is 0.145. The van der Waals surface area contributed by atoms with E-state index >= 15 is 0 Å². The maximum atomic E-state index is 12.3. The van der Waals surface area contributed by atoms with Crippen LogP contribution in [0.3, 0.4) is 0 Å². The van der Waals surface area contributed by atoms with E-state index in [0.29, 0.717) is 13.2 Å². The van der Waals surface area contributed by atoms with Crippen molar-refractivity contribution in [1.29, 1.82) is 0 Å². The molecule has 17 heavy (non-hydrogen) atoms. The number of hydrogen-bond acceptors (Lipinski definition) is 3. The zero-order chi connectivity index (χ0) is 11.8. The lowest BCUT2D eigenvalue weighted by molar-refractivity contribution is -0.133. The first-order chi connectivity index (χ1) is 8.29. The number of amides is 1. The van der Waals surface area contributed by atoms with Crippen LogP contribution in [0.15, 0.2) is 0 Å². The Balaban J connectivity index is 1.61. The number of hydrogen-bond donors (Lipinski definition) is 1. The van der Waals surface area contributed by atoms with E-state index in [1.807, 2.05) is 11.9 Å². The molecular formula is C13H22N2O2. The van der Waals surface area contributed by atoms with E-state index in [1.165, 1.54) is 19.3 Å². The molecule has 1 amide bonds. The van der Waals surface area contributed by atoms with Gasteiger partial charge >= 0.3 is 0 Å². The predicted octanol–water partition coefficient (Wildman–Crippen LogP) is 0.479. The summed E-state index contributed by atoms with van der Waals surface area (Å²) in [6.45, 7) is 2.93. The van der Waals surface area contributed by atoms with Crippen molar-refractivity contribution >= 4 is 5.91 Å². The van der Waals surface area contributed by atoms with Gasteiger partial charge in [0.25, 0.3) is 0 Å². The molecule has 0 spiro atoms. The standard InChI is InChI=1S/C13H22N2O2/c1-14-12-8-17-5-4-15(13(12)16)7-10-3-2-9-6-11(9)10/h9-12,14H,2-8H2,1H3. The molecule has 2 saturated carbocycles. The first kappa shape index (κ1) is 11.5. The van der Waals surface area contributed by atoms with Crippen LogP contribution >= 0.6 is 0 Å². The van der Waals surface area contributed by atoms with Crippen molar-refractivity contribution in [2.24, 2.45) is 17.8 Å². The zero-order valence-electron chi connectivity index (χ0n) is 10.5. The summed E-state index contributed by atoms with van der Waals surface area (Å²) < 4.78 is 5.48. The van der Waals surface area contributed by atoms with Gasteiger partial charge < -0.3 is 15.0 Å². The topological polar surface area (TPSA) is 41.6 Å². The normalized spacial score (nSPS) is 41.2. The second kappa shape index (κ2) is 4.58. The molecular weight excluding hydrogens is 216 g/mol. The fraction of sp³-hybridized carbons (Fsp3) is 0.923. The number of likely N-dealkylation sites (N-methyl/N-ethyl adjacent to an activating group) is 1. The summed E-state index contributed by atoms with van der Waals surface area (Å²) in [6, 6.07) is -0.145. The highest BCUT2D eigenvalue weighted by atomic mass is 16.5. The third-order valence-corrected chi connectivity index (χ3v) is 4.69. The summed E-state index contributed by atoms with van der Waals surface area (Å²) in [5, 5.41) is 3.05. The zero-order valence-corrected chi connectivity index (χ0v) is 10.5. The van der Waals surface area contributed by atoms with E-state index in [1.54, 1.807) is 0 Å². The van der Waals surface area contributed by atoms with Gasteiger partial charge in [-0.2, -0.15) is 0 Å². The van der Waals surface area contributed by atoms with Crippen LogP contribution in [0.25, 0.3) is 0 Å². The number of carbonyl (C=O) groups is 1. The summed E-state index contributed by atoms with van der Waals surface area (Å²) in [7, 11) is 1.84. The van der Waals surface area contributed by atoms with E-state index in [2.05, 4.69) is 5.32 Å². The summed E-state index contributed by atoms with van der Waals surface area (Å²) >= 11 is 0. The molecule has 4 atom stereocenters. The minimum atomic E-state index is -0.145. The molecule has 4 unspecified atom stereocenters. The Labute approximate surface area is 103 Å². The fourth-order valence-electron chi connectivity index (χ4n) is 3.50. The summed E-state index contributed by atoms with van der Waals surface area (Å²) in [6.07, 6.45) is 4.13. The number of rotatable bonds is 3. The second-order valence-corrected chi connectivity index (χ2v) is 5.70. The maximum Gasteiger partial charge on any atom is 0.242 e. The molecule has 4 heteroatoms. The Kier molecular flexibility index (Phi) is 3.09. The Bertz CT molecular complexity index is 308. The van der Waals surface area contributed by atoms with Gasteiger partial charge in [-0.25, -0.2) is 0 Å². The van der Waals surface area contributed by atoms with Gasteiger partial charge in [0.05, 0.1) is 13.2 Å². The lowest BCUT2D eigenvalue weighted by atomic mass is 10.0. The lowest BCUT2D eigenvalue weighted by Crippen LogP contribution is -2.47. The van der Waals surface area contributed by atoms with Crippen LogP contribution in [0.2, 0.25) is 0 Å². The molecule has 3 aliphatic rings. The smallest absolute Gasteiger partial charge is 0.242 e. The maximum absolute atomic E-state index is 12.3. The van der Waals surface area contributed by atoms with Crippen molar-refractivity contribution in [2.75, 3.05) is 33.4 Å². The molecule has 2 aliphatic carbocycles. The predicted molar refractivity (Wildman–Crippen MR) is 64.6 cm³/mol. The van der Waals surface area contributed by atoms with Crippen LogP contribution in [0, 0.1) is 17.8 Å². The van der Waals surface area contributed by atoms with E-state index in [4.69, 9.17) is 4.74 Å². The monoisotopic (exact) mass is 238 g/mol. The number of nitrogens with zero attached hydrogens (tertiary/aromatic N) is 1. The van der Waals surface area contributed by atoms with Crippen LogP contribution in [0.5, 0.6) is 0 Å². The SMILES string of the molecule is CNC1COCCN(CC2CCC3CC32)C1=O. The van der Waals surface area contributed by atoms with Crippen molar-refractivity contribution in [1.82, 2.24) is 10.2 Å². The van der Waals surface area contributed by atoms with E-state index < -0.39 is 0 Å². The van der Waals surface area contributed by atoms with Gasteiger partial charge in [0.1, 0.15) is 6.04 Å². The van der Waals surface area contributed by atoms with Gasteiger partial charge in [0.15, 0.2) is 0 Å². The molecule has 0 aromatic carbocycles. The van der Waals surface area contributed by atoms with Gasteiger partial charge in [-0.3, -0.25) is 4.79 Å². The number of nitrogens with one attached hydrogen (secondary N) is 1. The van der Waals surface area contributed by atoms with Crippen LogP contribution in [-0.4, -0.2) is 50.2 Å². The molecule has 4 nitrogen and oxygen atoms in total. The molecule has 3 fully saturated rings. The summed E-state index contributed by atoms with van der Waals surface area (Å²) in [4.78, 5) is 14.3. The average Bonchev–Trinajstić information content (AvgIpc) is 3.05. The third kappa shape index (κ3) is 2.20. The van der Waals surface area contributed by atoms with Crippen molar-refractivity contribution < 1.29 is 9.53 Å². The summed E-state index contributed by atoms with van der Waals surface area (Å²) in [5.74, 6) is 2.92. The van der Waals surface area contributed by atoms with E-state index in [0.717, 1.165) is 30.8 Å². The molecule has 0 bridgehead atoms. The van der Waals surface area contributed by atoms with E-state index in [9.17, 15) is 4.79 Å². The highest BCUT2D eigenvalue weighted by Gasteiger charge is 2.48. The molecule has 0 aromatic heterocycles. The Hall–Kier alpha value is -0.610. The van der Waals surface area contributed by atoms with Crippen LogP contribution in [0.1, 0.15) is 19.3 Å². The molecule has 1 aliphatic heterocycles. The molecule has 3 rings (SSSR count). The molecule has 0 radical (unpaired) electrons. The largest absolute Gasteiger partial charge is 0.377 e. The van der Waals surface area contributed by atoms with Crippen molar-refractivity contribution in [3.63, 3.8) is 0 Å². The van der Waals surface area contributed by atoms with Crippen molar-refractivity contribution in [3.8, 4) is 0 Å². The van der Waals surface area contributed by atoms with Gasteiger partial charge in [-0.05, 0) is 44.1 Å². The Morgan fingerprint density at radius 3 is 3.00 bits per heavy atom. The number of ether oxygens (including phenoxy) is 1. The van der Waals surface area contributed by atoms with Gasteiger partial charge in [0.2, 0.25) is 5.91 Å². The second-order valence-electron chi connectivity index (χ2n) is 5.70. The molecule has 1 heterocycles. The Morgan fingerprint density at radius 1 is 1.47 bits per heavy atom. The van der Waals surface area contributed by atoms with Crippen LogP contribution in [0.4, 0.5) is 0 Å². The molecule has 1 saturated heterocycles. The van der Waals surface area contributed by atoms with E-state index in [-0.39, 0.29) is 11.9 Å². The lowest BCUT2D eigenvalue weighted by Gasteiger charge is -2.26. The number of carbonyl (C=O) groups excluding carboxylic acids is 1. The van der Waals surface area contributed by atoms with Crippen LogP contribution in [-0.2, 0) is 9.53 Å². The molecule has 0 aromatic rings. The van der Waals surface area contributed by atoms with Crippen molar-refractivity contribution in [3.05, 3.63) is 0 Å². The van der Waals surface area contributed by atoms with Crippen LogP contribution < -0.4 is 5.32 Å². The van der Waals surface area contributed by atoms with Gasteiger partial charge in [0, 0.05) is 13.1 Å². The highest BCUT2D eigenvalue weighted by Crippen LogP contribution is 2.55. The minimum Gasteiger partial charge on any atom is -0.377 e. The average molecular weight is 238 g/mol.